The molecule has 29 heavy (non-hydrogen) atoms. The van der Waals surface area contributed by atoms with Gasteiger partial charge in [0.05, 0.1) is 6.07 Å². The van der Waals surface area contributed by atoms with Crippen LogP contribution in [0.15, 0.2) is 48.6 Å². The zero-order chi connectivity index (χ0) is 20.5. The number of allylic oxidation sites excluding steroid dienone is 3. The van der Waals surface area contributed by atoms with E-state index in [-0.39, 0.29) is 0 Å². The fourth-order valence-electron chi connectivity index (χ4n) is 5.67. The molecule has 0 atom stereocenters. The van der Waals surface area contributed by atoms with Crippen molar-refractivity contribution in [3.8, 4) is 6.07 Å². The second-order valence-corrected chi connectivity index (χ2v) is 9.44. The van der Waals surface area contributed by atoms with Crippen molar-refractivity contribution in [1.29, 1.82) is 5.26 Å². The normalized spacial score (nSPS) is 27.6. The van der Waals surface area contributed by atoms with Gasteiger partial charge in [0.25, 0.3) is 0 Å². The molecule has 0 unspecified atom stereocenters. The second kappa shape index (κ2) is 11.4. The quantitative estimate of drug-likeness (QED) is 0.325. The van der Waals surface area contributed by atoms with Gasteiger partial charge in [0, 0.05) is 6.08 Å². The summed E-state index contributed by atoms with van der Waals surface area (Å²) < 4.78 is 0. The highest BCUT2D eigenvalue weighted by molar-refractivity contribution is 5.26. The average Bonchev–Trinajstić information content (AvgIpc) is 2.78. The average molecular weight is 390 g/mol. The van der Waals surface area contributed by atoms with E-state index in [1.807, 2.05) is 6.08 Å². The fraction of sp³-hybridized carbons (Fsp3) is 0.607. The molecule has 1 heteroatoms. The van der Waals surface area contributed by atoms with Crippen molar-refractivity contribution in [2.24, 2.45) is 17.8 Å². The first-order valence-corrected chi connectivity index (χ1v) is 12.0. The van der Waals surface area contributed by atoms with Gasteiger partial charge >= 0.3 is 0 Å². The smallest absolute Gasteiger partial charge is 0.0908 e. The third-order valence-electron chi connectivity index (χ3n) is 7.55. The molecule has 2 saturated carbocycles. The molecule has 2 aliphatic carbocycles. The topological polar surface area (TPSA) is 23.8 Å². The Balaban J connectivity index is 1.41. The van der Waals surface area contributed by atoms with Gasteiger partial charge < -0.3 is 0 Å². The molecule has 2 aliphatic rings. The Kier molecular flexibility index (Phi) is 8.60. The number of rotatable bonds is 8. The van der Waals surface area contributed by atoms with E-state index < -0.39 is 0 Å². The molecule has 1 nitrogen and oxygen atoms in total. The molecule has 1 aromatic carbocycles. The maximum Gasteiger partial charge on any atom is 0.0908 e. The van der Waals surface area contributed by atoms with Gasteiger partial charge in [-0.3, -0.25) is 0 Å². The lowest BCUT2D eigenvalue weighted by molar-refractivity contribution is 0.260. The summed E-state index contributed by atoms with van der Waals surface area (Å²) in [6.45, 7) is 6.85. The Bertz CT molecular complexity index is 689. The number of nitriles is 1. The molecule has 0 aliphatic heterocycles. The highest BCUT2D eigenvalue weighted by Gasteiger charge is 2.29. The number of hydrogen-bond acceptors (Lipinski definition) is 1. The summed E-state index contributed by atoms with van der Waals surface area (Å²) in [6, 6.07) is 11.6. The van der Waals surface area contributed by atoms with Gasteiger partial charge in [-0.25, -0.2) is 0 Å². The summed E-state index contributed by atoms with van der Waals surface area (Å²) in [5.41, 5.74) is 4.61. The Morgan fingerprint density at radius 2 is 1.62 bits per heavy atom. The number of aryl methyl sites for hydroxylation is 1. The lowest BCUT2D eigenvalue weighted by atomic mass is 9.69. The Labute approximate surface area is 178 Å². The van der Waals surface area contributed by atoms with Crippen molar-refractivity contribution in [2.75, 3.05) is 0 Å². The first-order chi connectivity index (χ1) is 14.2. The molecule has 2 fully saturated rings. The van der Waals surface area contributed by atoms with Gasteiger partial charge in [0.15, 0.2) is 0 Å². The van der Waals surface area contributed by atoms with Gasteiger partial charge in [0.1, 0.15) is 0 Å². The monoisotopic (exact) mass is 389 g/mol. The largest absolute Gasteiger partial charge is 0.193 e. The minimum Gasteiger partial charge on any atom is -0.193 e. The molecule has 156 valence electrons. The molecule has 0 heterocycles. The fourth-order valence-corrected chi connectivity index (χ4v) is 5.67. The van der Waals surface area contributed by atoms with E-state index in [1.54, 1.807) is 17.2 Å². The summed E-state index contributed by atoms with van der Waals surface area (Å²) >= 11 is 0. The molecular formula is C28H39N. The molecular weight excluding hydrogens is 350 g/mol. The maximum absolute atomic E-state index is 8.59. The standard InChI is InChI=1S/C28H39N/c1-3-7-23-11-15-27(16-12-23)28-19-17-26(18-20-28)22(2)25-13-9-24(10-14-25)8-5-4-6-21-29/h4,6,11-12,15-16,24-26,28H,2-3,5,7-10,13-14,17-20H2,1H3/b6-4+/t24-,25-,26-,28-. The Hall–Kier alpha value is -1.81. The highest BCUT2D eigenvalue weighted by atomic mass is 14.3. The summed E-state index contributed by atoms with van der Waals surface area (Å²) in [6.07, 6.45) is 19.1. The van der Waals surface area contributed by atoms with E-state index in [0.717, 1.165) is 30.1 Å². The van der Waals surface area contributed by atoms with Crippen LogP contribution in [0, 0.1) is 29.1 Å². The van der Waals surface area contributed by atoms with Crippen LogP contribution in [-0.4, -0.2) is 0 Å². The van der Waals surface area contributed by atoms with E-state index in [4.69, 9.17) is 5.26 Å². The first-order valence-electron chi connectivity index (χ1n) is 12.0. The van der Waals surface area contributed by atoms with Crippen molar-refractivity contribution < 1.29 is 0 Å². The van der Waals surface area contributed by atoms with E-state index >= 15 is 0 Å². The maximum atomic E-state index is 8.59. The lowest BCUT2D eigenvalue weighted by Crippen LogP contribution is -2.22. The van der Waals surface area contributed by atoms with Crippen LogP contribution in [0.2, 0.25) is 0 Å². The van der Waals surface area contributed by atoms with Crippen molar-refractivity contribution in [3.63, 3.8) is 0 Å². The number of hydrogen-bond donors (Lipinski definition) is 0. The van der Waals surface area contributed by atoms with Crippen LogP contribution in [-0.2, 0) is 6.42 Å². The van der Waals surface area contributed by atoms with Gasteiger partial charge in [-0.2, -0.15) is 5.26 Å². The van der Waals surface area contributed by atoms with E-state index in [2.05, 4.69) is 43.8 Å². The zero-order valence-electron chi connectivity index (χ0n) is 18.4. The predicted octanol–water partition coefficient (Wildman–Crippen LogP) is 8.14. The van der Waals surface area contributed by atoms with Crippen LogP contribution < -0.4 is 0 Å². The zero-order valence-corrected chi connectivity index (χ0v) is 18.4. The highest BCUT2D eigenvalue weighted by Crippen LogP contribution is 2.44. The number of benzene rings is 1. The molecule has 0 bridgehead atoms. The van der Waals surface area contributed by atoms with Crippen LogP contribution in [0.4, 0.5) is 0 Å². The first kappa shape index (κ1) is 21.9. The molecule has 0 aromatic heterocycles. The van der Waals surface area contributed by atoms with Gasteiger partial charge in [0.2, 0.25) is 0 Å². The summed E-state index contributed by atoms with van der Waals surface area (Å²) in [4.78, 5) is 0. The van der Waals surface area contributed by atoms with Crippen LogP contribution in [0.25, 0.3) is 0 Å². The molecule has 0 spiro atoms. The SMILES string of the molecule is C=C([C@H]1CC[C@H](CC/C=C/C#N)CC1)[C@H]1CC[C@H](c2ccc(CCC)cc2)CC1. The predicted molar refractivity (Wildman–Crippen MR) is 124 cm³/mol. The summed E-state index contributed by atoms with van der Waals surface area (Å²) in [5.74, 6) is 3.13. The summed E-state index contributed by atoms with van der Waals surface area (Å²) in [7, 11) is 0. The molecule has 1 aromatic rings. The van der Waals surface area contributed by atoms with Crippen LogP contribution in [0.1, 0.15) is 94.6 Å². The van der Waals surface area contributed by atoms with Crippen molar-refractivity contribution in [2.45, 2.75) is 89.9 Å². The van der Waals surface area contributed by atoms with Gasteiger partial charge in [-0.05, 0) is 105 Å². The van der Waals surface area contributed by atoms with Crippen molar-refractivity contribution in [3.05, 3.63) is 59.7 Å². The molecule has 0 N–H and O–H groups in total. The molecule has 3 rings (SSSR count). The van der Waals surface area contributed by atoms with E-state index in [1.165, 1.54) is 76.2 Å². The third kappa shape index (κ3) is 6.33. The summed E-state index contributed by atoms with van der Waals surface area (Å²) in [5, 5.41) is 8.59. The minimum atomic E-state index is 0.755. The molecule has 0 saturated heterocycles. The van der Waals surface area contributed by atoms with E-state index in [0.29, 0.717) is 0 Å². The van der Waals surface area contributed by atoms with Gasteiger partial charge in [-0.1, -0.05) is 55.8 Å². The number of nitrogens with zero attached hydrogens (tertiary/aromatic N) is 1. The van der Waals surface area contributed by atoms with E-state index in [9.17, 15) is 0 Å². The van der Waals surface area contributed by atoms with Crippen LogP contribution >= 0.6 is 0 Å². The van der Waals surface area contributed by atoms with Crippen molar-refractivity contribution in [1.82, 2.24) is 0 Å². The third-order valence-corrected chi connectivity index (χ3v) is 7.55. The van der Waals surface area contributed by atoms with Crippen LogP contribution in [0.5, 0.6) is 0 Å². The van der Waals surface area contributed by atoms with Crippen molar-refractivity contribution >= 4 is 0 Å². The van der Waals surface area contributed by atoms with Crippen LogP contribution in [0.3, 0.4) is 0 Å². The molecule has 0 radical (unpaired) electrons. The van der Waals surface area contributed by atoms with Gasteiger partial charge in [-0.15, -0.1) is 0 Å². The minimum absolute atomic E-state index is 0.755. The lowest BCUT2D eigenvalue weighted by Gasteiger charge is -2.36. The Morgan fingerprint density at radius 3 is 2.21 bits per heavy atom. The molecule has 0 amide bonds. The Morgan fingerprint density at radius 1 is 1.00 bits per heavy atom. The second-order valence-electron chi connectivity index (χ2n) is 9.44.